The van der Waals surface area contributed by atoms with E-state index in [4.69, 9.17) is 23.8 Å². The lowest BCUT2D eigenvalue weighted by atomic mass is 9.62. The number of amides is 3. The lowest BCUT2D eigenvalue weighted by Crippen LogP contribution is -2.70. The fraction of sp³-hybridized carbons (Fsp3) is 0.568. The first-order valence-electron chi connectivity index (χ1n) is 20.6. The maximum Gasteiger partial charge on any atom is 0.327 e. The van der Waals surface area contributed by atoms with E-state index in [1.165, 1.54) is 16.0 Å². The molecule has 4 aliphatic heterocycles. The second kappa shape index (κ2) is 15.7. The minimum atomic E-state index is -1.49. The van der Waals surface area contributed by atoms with Crippen LogP contribution in [0.4, 0.5) is 0 Å². The number of rotatable bonds is 11. The van der Waals surface area contributed by atoms with Crippen LogP contribution in [-0.4, -0.2) is 131 Å². The Hall–Kier alpha value is -4.67. The molecule has 2 N–H and O–H groups in total. The van der Waals surface area contributed by atoms with Crippen molar-refractivity contribution in [1.82, 2.24) is 20.2 Å². The Kier molecular flexibility index (Phi) is 11.0. The Bertz CT molecular complexity index is 2010. The van der Waals surface area contributed by atoms with Crippen molar-refractivity contribution in [3.8, 4) is 0 Å². The van der Waals surface area contributed by atoms with E-state index in [0.717, 1.165) is 22.3 Å². The normalized spacial score (nSPS) is 29.6. The topological polar surface area (TPSA) is 173 Å². The molecule has 2 bridgehead atoms. The van der Waals surface area contributed by atoms with Gasteiger partial charge in [-0.3, -0.25) is 28.8 Å². The number of aliphatic hydroxyl groups excluding tert-OH is 1. The van der Waals surface area contributed by atoms with E-state index in [2.05, 4.69) is 5.32 Å². The second-order valence-electron chi connectivity index (χ2n) is 17.9. The molecule has 6 aliphatic rings. The van der Waals surface area contributed by atoms with Crippen molar-refractivity contribution in [2.45, 2.75) is 126 Å². The van der Waals surface area contributed by atoms with E-state index in [1.54, 1.807) is 45.8 Å². The molecule has 1 saturated carbocycles. The first kappa shape index (κ1) is 41.1. The van der Waals surface area contributed by atoms with Crippen LogP contribution in [0, 0.1) is 5.41 Å². The van der Waals surface area contributed by atoms with Crippen LogP contribution < -0.4 is 5.32 Å². The molecule has 0 aromatic heterocycles. The van der Waals surface area contributed by atoms with E-state index < -0.39 is 89.7 Å². The third-order valence-corrected chi connectivity index (χ3v) is 12.3. The largest absolute Gasteiger partial charge is 0.460 e. The number of carbonyl (C=O) groups excluding carboxylic acids is 5. The fourth-order valence-corrected chi connectivity index (χ4v) is 9.77. The lowest BCUT2D eigenvalue weighted by molar-refractivity contribution is -0.218. The van der Waals surface area contributed by atoms with Gasteiger partial charge in [0.15, 0.2) is 11.8 Å². The second-order valence-corrected chi connectivity index (χ2v) is 17.9. The van der Waals surface area contributed by atoms with Crippen LogP contribution in [-0.2, 0) is 67.1 Å². The molecule has 8 rings (SSSR count). The zero-order valence-corrected chi connectivity index (χ0v) is 34.3. The van der Waals surface area contributed by atoms with Gasteiger partial charge in [0.25, 0.3) is 0 Å². The maximum atomic E-state index is 15.5. The number of hydrogen-bond donors (Lipinski definition) is 2. The number of benzene rings is 2. The number of carbonyl (C=O) groups is 5. The summed E-state index contributed by atoms with van der Waals surface area (Å²) in [5.74, 6) is -3.12. The van der Waals surface area contributed by atoms with Gasteiger partial charge in [-0.25, -0.2) is 0 Å². The summed E-state index contributed by atoms with van der Waals surface area (Å²) in [5.41, 5.74) is 1.57. The quantitative estimate of drug-likeness (QED) is 0.251. The first-order chi connectivity index (χ1) is 28.1. The van der Waals surface area contributed by atoms with Crippen LogP contribution in [0.1, 0.15) is 75.1 Å². The zero-order chi connectivity index (χ0) is 41.9. The molecule has 2 aromatic rings. The molecule has 3 amide bonds. The molecule has 2 aliphatic carbocycles. The van der Waals surface area contributed by atoms with Gasteiger partial charge in [0, 0.05) is 52.4 Å². The molecule has 4 heterocycles. The van der Waals surface area contributed by atoms with Crippen molar-refractivity contribution < 1.29 is 52.9 Å². The Morgan fingerprint density at radius 3 is 2.47 bits per heavy atom. The average Bonchev–Trinajstić information content (AvgIpc) is 3.98. The molecule has 0 radical (unpaired) electrons. The first-order valence-corrected chi connectivity index (χ1v) is 20.6. The summed E-state index contributed by atoms with van der Waals surface area (Å²) in [5, 5.41) is 14.6. The Labute approximate surface area is 343 Å². The Morgan fingerprint density at radius 2 is 1.78 bits per heavy atom. The molecule has 15 heteroatoms. The highest BCUT2D eigenvalue weighted by Crippen LogP contribution is 2.59. The van der Waals surface area contributed by atoms with Gasteiger partial charge in [-0.15, -0.1) is 0 Å². The molecule has 59 heavy (non-hydrogen) atoms. The van der Waals surface area contributed by atoms with E-state index >= 15 is 4.79 Å². The molecule has 8 atom stereocenters. The molecular formula is C44H54N4O11. The van der Waals surface area contributed by atoms with Crippen molar-refractivity contribution in [1.29, 1.82) is 0 Å². The molecule has 2 aromatic carbocycles. The van der Waals surface area contributed by atoms with Crippen LogP contribution in [0.25, 0.3) is 6.08 Å². The summed E-state index contributed by atoms with van der Waals surface area (Å²) in [6.45, 7) is 5.27. The third-order valence-electron chi connectivity index (χ3n) is 12.3. The summed E-state index contributed by atoms with van der Waals surface area (Å²) in [6, 6.07) is 12.7. The third kappa shape index (κ3) is 7.79. The molecule has 1 spiro atoms. The summed E-state index contributed by atoms with van der Waals surface area (Å²) < 4.78 is 25.3. The van der Waals surface area contributed by atoms with E-state index in [0.29, 0.717) is 25.7 Å². The predicted octanol–water partition coefficient (Wildman–Crippen LogP) is 2.46. The average molecular weight is 815 g/mol. The summed E-state index contributed by atoms with van der Waals surface area (Å²) in [4.78, 5) is 78.4. The summed E-state index contributed by atoms with van der Waals surface area (Å²) in [7, 11) is 3.35. The van der Waals surface area contributed by atoms with Crippen LogP contribution in [0.15, 0.2) is 54.6 Å². The van der Waals surface area contributed by atoms with Crippen LogP contribution >= 0.6 is 0 Å². The van der Waals surface area contributed by atoms with Crippen molar-refractivity contribution in [3.05, 3.63) is 76.9 Å². The number of aliphatic hydroxyl groups is 1. The van der Waals surface area contributed by atoms with Gasteiger partial charge in [0.1, 0.15) is 41.5 Å². The van der Waals surface area contributed by atoms with Crippen molar-refractivity contribution >= 4 is 35.7 Å². The molecule has 8 unspecified atom stereocenters. The minimum absolute atomic E-state index is 0.0101. The number of nitrogens with zero attached hydrogens (tertiary/aromatic N) is 3. The number of esters is 2. The SMILES string of the molecule is CN(C)C(=O)C=Cc1cccc(CN2OC3C4OC5(Cc6ccccc6C5)OC4C4CC3(C(=O)N3CCCC3C(=O)NC(CO)CCC(=O)OC(C)(C)C)C2C(=O)O4)c1. The van der Waals surface area contributed by atoms with E-state index in [-0.39, 0.29) is 38.3 Å². The molecular weight excluding hydrogens is 761 g/mol. The van der Waals surface area contributed by atoms with Crippen LogP contribution in [0.3, 0.4) is 0 Å². The zero-order valence-electron chi connectivity index (χ0n) is 34.3. The molecule has 316 valence electrons. The number of fused-ring (bicyclic) bond motifs is 5. The minimum Gasteiger partial charge on any atom is -0.460 e. The van der Waals surface area contributed by atoms with Gasteiger partial charge in [0.05, 0.1) is 19.2 Å². The van der Waals surface area contributed by atoms with Gasteiger partial charge in [-0.1, -0.05) is 48.5 Å². The highest BCUT2D eigenvalue weighted by Gasteiger charge is 2.77. The monoisotopic (exact) mass is 814 g/mol. The van der Waals surface area contributed by atoms with Crippen molar-refractivity contribution in [3.63, 3.8) is 0 Å². The van der Waals surface area contributed by atoms with Gasteiger partial charge in [-0.05, 0) is 68.4 Å². The molecule has 15 nitrogen and oxygen atoms in total. The number of ether oxygens (including phenoxy) is 4. The van der Waals surface area contributed by atoms with Gasteiger partial charge in [-0.2, -0.15) is 5.06 Å². The molecule has 5 fully saturated rings. The van der Waals surface area contributed by atoms with Gasteiger partial charge < -0.3 is 39.2 Å². The maximum absolute atomic E-state index is 15.5. The number of likely N-dealkylation sites (N-methyl/N-ethyl adjacent to an activating group) is 1. The smallest absolute Gasteiger partial charge is 0.327 e. The number of hydrogen-bond acceptors (Lipinski definition) is 12. The van der Waals surface area contributed by atoms with Gasteiger partial charge >= 0.3 is 11.9 Å². The fourth-order valence-electron chi connectivity index (χ4n) is 9.77. The Morgan fingerprint density at radius 1 is 1.05 bits per heavy atom. The van der Waals surface area contributed by atoms with Crippen molar-refractivity contribution in [2.24, 2.45) is 5.41 Å². The predicted molar refractivity (Wildman–Crippen MR) is 210 cm³/mol. The number of nitrogens with one attached hydrogen (secondary N) is 1. The van der Waals surface area contributed by atoms with Crippen LogP contribution in [0.5, 0.6) is 0 Å². The van der Waals surface area contributed by atoms with E-state index in [9.17, 15) is 24.3 Å². The number of hydroxylamine groups is 2. The highest BCUT2D eigenvalue weighted by atomic mass is 16.8. The standard InChI is InChI=1S/C44H54N4O11/c1-42(2,3)56-34(51)18-16-30(25-49)45-39(52)31-14-9-19-47(31)41(54)44-23-32-35-36(58-43(57-35)21-28-12-6-7-13-29(28)22-43)38(44)59-48(37(44)40(53)55-32)24-27-11-8-10-26(20-27)15-17-33(50)46(4)5/h6-8,10-13,15,17,20,30-32,35-38,49H,9,14,16,18-19,21-25H2,1-5H3,(H,45,52). The van der Waals surface area contributed by atoms with Gasteiger partial charge in [0.2, 0.25) is 17.7 Å². The Balaban J connectivity index is 1.08. The van der Waals surface area contributed by atoms with Crippen LogP contribution in [0.2, 0.25) is 0 Å². The summed E-state index contributed by atoms with van der Waals surface area (Å²) >= 11 is 0. The van der Waals surface area contributed by atoms with E-state index in [1.807, 2.05) is 48.5 Å². The highest BCUT2D eigenvalue weighted by molar-refractivity contribution is 5.97. The molecule has 4 saturated heterocycles. The number of likely N-dealkylation sites (tertiary alicyclic amines) is 1. The van der Waals surface area contributed by atoms with Crippen molar-refractivity contribution in [2.75, 3.05) is 27.2 Å². The lowest BCUT2D eigenvalue weighted by Gasteiger charge is -2.50. The summed E-state index contributed by atoms with van der Waals surface area (Å²) in [6.07, 6.45) is 2.09.